The van der Waals surface area contributed by atoms with E-state index in [9.17, 15) is 9.59 Å². The Morgan fingerprint density at radius 1 is 1.22 bits per heavy atom. The number of hydrogen-bond donors (Lipinski definition) is 1. The lowest BCUT2D eigenvalue weighted by atomic mass is 10.1. The second kappa shape index (κ2) is 8.33. The van der Waals surface area contributed by atoms with Crippen molar-refractivity contribution in [1.82, 2.24) is 5.32 Å². The van der Waals surface area contributed by atoms with Crippen LogP contribution in [0, 0.1) is 0 Å². The van der Waals surface area contributed by atoms with Gasteiger partial charge in [0.2, 0.25) is 5.91 Å². The Kier molecular flexibility index (Phi) is 6.17. The molecule has 0 bridgehead atoms. The lowest BCUT2D eigenvalue weighted by molar-refractivity contribution is -0.141. The summed E-state index contributed by atoms with van der Waals surface area (Å²) >= 11 is 1.50. The Morgan fingerprint density at radius 3 is 2.70 bits per heavy atom. The van der Waals surface area contributed by atoms with E-state index >= 15 is 0 Å². The molecule has 0 unspecified atom stereocenters. The molecule has 6 heteroatoms. The van der Waals surface area contributed by atoms with Gasteiger partial charge in [-0.05, 0) is 29.1 Å². The van der Waals surface area contributed by atoms with Crippen molar-refractivity contribution < 1.29 is 19.1 Å². The third-order valence-corrected chi connectivity index (χ3v) is 4.31. The summed E-state index contributed by atoms with van der Waals surface area (Å²) in [5.74, 6) is 0.199. The van der Waals surface area contributed by atoms with E-state index in [2.05, 4.69) is 5.32 Å². The van der Waals surface area contributed by atoms with Crippen LogP contribution in [-0.4, -0.2) is 26.1 Å². The third-order valence-electron chi connectivity index (χ3n) is 3.32. The zero-order chi connectivity index (χ0) is 16.7. The summed E-state index contributed by atoms with van der Waals surface area (Å²) in [5.41, 5.74) is 0.852. The highest BCUT2D eigenvalue weighted by molar-refractivity contribution is 7.10. The Morgan fingerprint density at radius 2 is 2.04 bits per heavy atom. The lowest BCUT2D eigenvalue weighted by Crippen LogP contribution is -2.31. The second-order valence-electron chi connectivity index (χ2n) is 4.94. The second-order valence-corrected chi connectivity index (χ2v) is 5.92. The van der Waals surface area contributed by atoms with Crippen molar-refractivity contribution in [2.45, 2.75) is 18.9 Å². The lowest BCUT2D eigenvalue weighted by Gasteiger charge is -2.16. The Balaban J connectivity index is 2.03. The van der Waals surface area contributed by atoms with Gasteiger partial charge in [0.05, 0.1) is 33.1 Å². The van der Waals surface area contributed by atoms with Gasteiger partial charge in [-0.1, -0.05) is 18.2 Å². The number of carbonyl (C=O) groups is 2. The topological polar surface area (TPSA) is 64.6 Å². The van der Waals surface area contributed by atoms with Crippen LogP contribution >= 0.6 is 11.3 Å². The third kappa shape index (κ3) is 5.10. The molecule has 2 aromatic rings. The van der Waals surface area contributed by atoms with Crippen LogP contribution in [0.25, 0.3) is 0 Å². The maximum absolute atomic E-state index is 12.3. The van der Waals surface area contributed by atoms with Gasteiger partial charge < -0.3 is 14.8 Å². The van der Waals surface area contributed by atoms with E-state index in [4.69, 9.17) is 9.47 Å². The smallest absolute Gasteiger partial charge is 0.307 e. The van der Waals surface area contributed by atoms with Crippen molar-refractivity contribution in [1.29, 1.82) is 0 Å². The average molecular weight is 333 g/mol. The Labute approximate surface area is 139 Å². The number of thiophene rings is 1. The summed E-state index contributed by atoms with van der Waals surface area (Å²) in [4.78, 5) is 24.8. The van der Waals surface area contributed by atoms with Crippen LogP contribution in [0.15, 0.2) is 41.8 Å². The molecule has 0 saturated carbocycles. The van der Waals surface area contributed by atoms with E-state index in [1.54, 1.807) is 7.11 Å². The highest BCUT2D eigenvalue weighted by atomic mass is 32.1. The zero-order valence-corrected chi connectivity index (χ0v) is 13.9. The van der Waals surface area contributed by atoms with E-state index in [0.29, 0.717) is 5.75 Å². The van der Waals surface area contributed by atoms with Crippen LogP contribution in [0.2, 0.25) is 0 Å². The number of carbonyl (C=O) groups excluding carboxylic acids is 2. The maximum atomic E-state index is 12.3. The minimum Gasteiger partial charge on any atom is -0.497 e. The fourth-order valence-corrected chi connectivity index (χ4v) is 2.95. The monoisotopic (exact) mass is 333 g/mol. The molecular weight excluding hydrogens is 314 g/mol. The summed E-state index contributed by atoms with van der Waals surface area (Å²) in [5, 5.41) is 4.81. The van der Waals surface area contributed by atoms with Crippen LogP contribution in [0.5, 0.6) is 5.75 Å². The van der Waals surface area contributed by atoms with Crippen molar-refractivity contribution in [3.63, 3.8) is 0 Å². The van der Waals surface area contributed by atoms with E-state index in [1.165, 1.54) is 18.4 Å². The molecular formula is C17H19NO4S. The number of methoxy groups -OCH3 is 2. The van der Waals surface area contributed by atoms with Gasteiger partial charge in [0.1, 0.15) is 5.75 Å². The first-order chi connectivity index (χ1) is 11.1. The molecule has 1 N–H and O–H groups in total. The number of ether oxygens (including phenoxy) is 2. The van der Waals surface area contributed by atoms with Crippen molar-refractivity contribution in [3.8, 4) is 5.75 Å². The van der Waals surface area contributed by atoms with E-state index < -0.39 is 0 Å². The molecule has 0 spiro atoms. The first kappa shape index (κ1) is 17.0. The highest BCUT2D eigenvalue weighted by Gasteiger charge is 2.20. The molecule has 0 aliphatic carbocycles. The fraction of sp³-hybridized carbons (Fsp3) is 0.294. The predicted octanol–water partition coefficient (Wildman–Crippen LogP) is 2.72. The molecule has 5 nitrogen and oxygen atoms in total. The van der Waals surface area contributed by atoms with Crippen molar-refractivity contribution in [2.24, 2.45) is 0 Å². The molecule has 0 radical (unpaired) electrons. The minimum atomic E-state index is -0.374. The standard InChI is InChI=1S/C17H19NO4S/c1-21-13-6-3-5-12(9-13)10-16(19)18-14(11-17(20)22-2)15-7-4-8-23-15/h3-9,14H,10-11H2,1-2H3,(H,18,19)/t14-/m0/s1. The van der Waals surface area contributed by atoms with Gasteiger partial charge >= 0.3 is 5.97 Å². The molecule has 0 saturated heterocycles. The zero-order valence-electron chi connectivity index (χ0n) is 13.1. The summed E-state index contributed by atoms with van der Waals surface area (Å²) in [6, 6.07) is 10.8. The molecule has 1 amide bonds. The predicted molar refractivity (Wildman–Crippen MR) is 88.5 cm³/mol. The quantitative estimate of drug-likeness (QED) is 0.791. The van der Waals surface area contributed by atoms with Crippen LogP contribution in [0.1, 0.15) is 22.9 Å². The van der Waals surface area contributed by atoms with Crippen molar-refractivity contribution in [2.75, 3.05) is 14.2 Å². The molecule has 0 fully saturated rings. The molecule has 0 aliphatic heterocycles. The molecule has 1 aromatic heterocycles. The van der Waals surface area contributed by atoms with E-state index in [0.717, 1.165) is 10.4 Å². The van der Waals surface area contributed by atoms with E-state index in [-0.39, 0.29) is 30.8 Å². The van der Waals surface area contributed by atoms with Crippen molar-refractivity contribution >= 4 is 23.2 Å². The van der Waals surface area contributed by atoms with Gasteiger partial charge in [0, 0.05) is 4.88 Å². The molecule has 122 valence electrons. The molecule has 2 rings (SSSR count). The Hall–Kier alpha value is -2.34. The van der Waals surface area contributed by atoms with Crippen LogP contribution < -0.4 is 10.1 Å². The van der Waals surface area contributed by atoms with Crippen LogP contribution in [0.3, 0.4) is 0 Å². The number of nitrogens with one attached hydrogen (secondary N) is 1. The number of benzene rings is 1. The number of amides is 1. The SMILES string of the molecule is COC(=O)C[C@H](NC(=O)Cc1cccc(OC)c1)c1cccs1. The van der Waals surface area contributed by atoms with Gasteiger partial charge in [-0.3, -0.25) is 9.59 Å². The van der Waals surface area contributed by atoms with E-state index in [1.807, 2.05) is 41.8 Å². The van der Waals surface area contributed by atoms with Crippen molar-refractivity contribution in [3.05, 3.63) is 52.2 Å². The first-order valence-electron chi connectivity index (χ1n) is 7.15. The Bertz CT molecular complexity index is 654. The summed E-state index contributed by atoms with van der Waals surface area (Å²) in [7, 11) is 2.92. The van der Waals surface area contributed by atoms with Gasteiger partial charge in [-0.15, -0.1) is 11.3 Å². The molecule has 1 heterocycles. The number of rotatable bonds is 7. The molecule has 1 atom stereocenters. The summed E-state index contributed by atoms with van der Waals surface area (Å²) in [6.07, 6.45) is 0.334. The van der Waals surface area contributed by atoms with Gasteiger partial charge in [-0.2, -0.15) is 0 Å². The fourth-order valence-electron chi connectivity index (χ4n) is 2.18. The number of esters is 1. The summed E-state index contributed by atoms with van der Waals surface area (Å²) in [6.45, 7) is 0. The average Bonchev–Trinajstić information content (AvgIpc) is 3.08. The highest BCUT2D eigenvalue weighted by Crippen LogP contribution is 2.23. The molecule has 23 heavy (non-hydrogen) atoms. The normalized spacial score (nSPS) is 11.6. The molecule has 0 aliphatic rings. The van der Waals surface area contributed by atoms with Gasteiger partial charge in [0.15, 0.2) is 0 Å². The van der Waals surface area contributed by atoms with Crippen LogP contribution in [0.4, 0.5) is 0 Å². The largest absolute Gasteiger partial charge is 0.497 e. The molecule has 1 aromatic carbocycles. The summed E-state index contributed by atoms with van der Waals surface area (Å²) < 4.78 is 9.86. The maximum Gasteiger partial charge on any atom is 0.307 e. The van der Waals surface area contributed by atoms with Gasteiger partial charge in [0.25, 0.3) is 0 Å². The van der Waals surface area contributed by atoms with Crippen LogP contribution in [-0.2, 0) is 20.7 Å². The number of hydrogen-bond acceptors (Lipinski definition) is 5. The first-order valence-corrected chi connectivity index (χ1v) is 8.03. The van der Waals surface area contributed by atoms with Gasteiger partial charge in [-0.25, -0.2) is 0 Å². The minimum absolute atomic E-state index is 0.112.